The molecular weight excluding hydrogens is 544 g/mol. The van der Waals surface area contributed by atoms with Gasteiger partial charge in [0.05, 0.1) is 34.5 Å². The average Bonchev–Trinajstić information content (AvgIpc) is 3.42. The Morgan fingerprint density at radius 2 is 2.00 bits per heavy atom. The van der Waals surface area contributed by atoms with Gasteiger partial charge >= 0.3 is 6.18 Å². The Morgan fingerprint density at radius 3 is 2.69 bits per heavy atom. The minimum atomic E-state index is -4.99. The number of hydrogen-bond acceptors (Lipinski definition) is 11. The Morgan fingerprint density at radius 1 is 1.21 bits per heavy atom. The van der Waals surface area contributed by atoms with E-state index in [0.29, 0.717) is 34.4 Å². The van der Waals surface area contributed by atoms with Gasteiger partial charge < -0.3 is 25.3 Å². The van der Waals surface area contributed by atoms with Crippen molar-refractivity contribution < 1.29 is 31.8 Å². The zero-order valence-electron chi connectivity index (χ0n) is 20.5. The van der Waals surface area contributed by atoms with E-state index < -0.39 is 29.4 Å². The van der Waals surface area contributed by atoms with Crippen LogP contribution in [0.15, 0.2) is 52.7 Å². The van der Waals surface area contributed by atoms with Crippen LogP contribution in [0.2, 0.25) is 0 Å². The zero-order chi connectivity index (χ0) is 28.2. The molecule has 11 nitrogen and oxygen atoms in total. The fourth-order valence-corrected chi connectivity index (χ4v) is 4.63. The molecule has 39 heavy (non-hydrogen) atoms. The van der Waals surface area contributed by atoms with Crippen LogP contribution in [0.3, 0.4) is 0 Å². The lowest BCUT2D eigenvalue weighted by Gasteiger charge is -2.34. The van der Waals surface area contributed by atoms with E-state index in [1.807, 2.05) is 0 Å². The summed E-state index contributed by atoms with van der Waals surface area (Å²) in [6, 6.07) is 2.89. The van der Waals surface area contributed by atoms with Crippen molar-refractivity contribution in [1.82, 2.24) is 24.9 Å². The number of anilines is 2. The molecule has 0 radical (unpaired) electrons. The summed E-state index contributed by atoms with van der Waals surface area (Å²) in [5, 5.41) is 12.8. The first-order valence-electron chi connectivity index (χ1n) is 11.2. The van der Waals surface area contributed by atoms with E-state index in [2.05, 4.69) is 35.2 Å². The first-order valence-corrected chi connectivity index (χ1v) is 12.0. The van der Waals surface area contributed by atoms with E-state index in [1.54, 1.807) is 6.07 Å². The van der Waals surface area contributed by atoms with Crippen LogP contribution >= 0.6 is 11.8 Å². The quantitative estimate of drug-likeness (QED) is 0.117. The van der Waals surface area contributed by atoms with Crippen LogP contribution in [-0.2, 0) is 13.0 Å². The molecule has 16 heteroatoms. The molecule has 0 fully saturated rings. The number of aliphatic hydroxyl groups excluding tert-OH is 1. The third-order valence-corrected chi connectivity index (χ3v) is 6.68. The van der Waals surface area contributed by atoms with E-state index >= 15 is 0 Å². The van der Waals surface area contributed by atoms with Crippen LogP contribution in [0.25, 0.3) is 11.0 Å². The Labute approximate surface area is 223 Å². The van der Waals surface area contributed by atoms with Crippen molar-refractivity contribution >= 4 is 39.5 Å². The molecule has 4 N–H and O–H groups in total. The molecule has 0 aliphatic rings. The summed E-state index contributed by atoms with van der Waals surface area (Å²) in [6.45, 7) is 1.20. The van der Waals surface area contributed by atoms with Crippen LogP contribution in [0, 0.1) is 5.95 Å². The Bertz CT molecular complexity index is 1470. The van der Waals surface area contributed by atoms with Crippen LogP contribution in [0.4, 0.5) is 29.1 Å². The van der Waals surface area contributed by atoms with Gasteiger partial charge in [-0.05, 0) is 19.4 Å². The number of amidine groups is 1. The largest absolute Gasteiger partial charge is 0.482 e. The SMILES string of the molecule is CN=C(N)S[C@](C)(Cc1cc(Nc2ncnc3cc(OCc4ncco4)cnc23)cnc1F)[C@@H](O)C(F)(F)F. The molecule has 206 valence electrons. The Hall–Kier alpha value is -4.05. The van der Waals surface area contributed by atoms with Crippen molar-refractivity contribution in [3.05, 3.63) is 60.7 Å². The summed E-state index contributed by atoms with van der Waals surface area (Å²) in [7, 11) is 1.29. The van der Waals surface area contributed by atoms with Crippen LogP contribution < -0.4 is 15.8 Å². The number of rotatable bonds is 9. The molecule has 0 unspecified atom stereocenters. The minimum absolute atomic E-state index is 0.0798. The normalized spacial score (nSPS) is 14.7. The van der Waals surface area contributed by atoms with Crippen molar-refractivity contribution in [1.29, 1.82) is 0 Å². The van der Waals surface area contributed by atoms with Crippen LogP contribution in [0.1, 0.15) is 18.4 Å². The van der Waals surface area contributed by atoms with Crippen LogP contribution in [0.5, 0.6) is 5.75 Å². The van der Waals surface area contributed by atoms with Gasteiger partial charge in [-0.1, -0.05) is 11.8 Å². The lowest BCUT2D eigenvalue weighted by atomic mass is 9.94. The van der Waals surface area contributed by atoms with Crippen molar-refractivity contribution in [2.75, 3.05) is 12.4 Å². The lowest BCUT2D eigenvalue weighted by molar-refractivity contribution is -0.212. The Kier molecular flexibility index (Phi) is 8.15. The summed E-state index contributed by atoms with van der Waals surface area (Å²) in [5.41, 5.74) is 6.41. The van der Waals surface area contributed by atoms with Gasteiger partial charge in [0.1, 0.15) is 23.9 Å². The van der Waals surface area contributed by atoms with Gasteiger partial charge in [-0.2, -0.15) is 17.6 Å². The summed E-state index contributed by atoms with van der Waals surface area (Å²) in [6.07, 6.45) is -1.63. The number of nitrogens with two attached hydrogens (primary N) is 1. The lowest BCUT2D eigenvalue weighted by Crippen LogP contribution is -2.49. The van der Waals surface area contributed by atoms with E-state index in [1.165, 1.54) is 38.1 Å². The standard InChI is InChI=1S/C23H22F4N8O3S/c1-22(39-21(28)29-2,20(36)23(25,26)27)7-12-5-13(8-32-18(12)24)35-19-17-15(33-11-34-19)6-14(9-31-17)38-10-16-30-3-4-37-16/h3-6,8-9,11,20,36H,7,10H2,1-2H3,(H2,28,29)(H,33,34,35)/t20-,22-/m1/s1. The third-order valence-electron chi connectivity index (χ3n) is 5.46. The number of aliphatic hydroxyl groups is 1. The molecule has 4 aromatic rings. The molecule has 0 aliphatic heterocycles. The summed E-state index contributed by atoms with van der Waals surface area (Å²) >= 11 is 0.492. The maximum atomic E-state index is 14.7. The number of halogens is 4. The second-order valence-electron chi connectivity index (χ2n) is 8.37. The first-order chi connectivity index (χ1) is 18.5. The average molecular weight is 567 g/mol. The number of thioether (sulfide) groups is 1. The molecule has 4 aromatic heterocycles. The van der Waals surface area contributed by atoms with E-state index in [0.717, 1.165) is 13.1 Å². The minimum Gasteiger partial charge on any atom is -0.482 e. The highest BCUT2D eigenvalue weighted by molar-refractivity contribution is 8.15. The number of ether oxygens (including phenoxy) is 1. The molecule has 0 saturated heterocycles. The van der Waals surface area contributed by atoms with Gasteiger partial charge in [-0.25, -0.2) is 24.9 Å². The second kappa shape index (κ2) is 11.4. The monoisotopic (exact) mass is 566 g/mol. The van der Waals surface area contributed by atoms with Gasteiger partial charge in [-0.15, -0.1) is 0 Å². The smallest absolute Gasteiger partial charge is 0.415 e. The summed E-state index contributed by atoms with van der Waals surface area (Å²) in [5.74, 6) is -0.00615. The van der Waals surface area contributed by atoms with Gasteiger partial charge in [0, 0.05) is 18.7 Å². The maximum Gasteiger partial charge on any atom is 0.415 e. The van der Waals surface area contributed by atoms with E-state index in [9.17, 15) is 22.7 Å². The second-order valence-corrected chi connectivity index (χ2v) is 9.93. The molecule has 0 bridgehead atoms. The number of fused-ring (bicyclic) bond motifs is 1. The number of oxazole rings is 1. The fraction of sp³-hybridized carbons (Fsp3) is 0.304. The molecule has 2 atom stereocenters. The molecule has 0 amide bonds. The van der Waals surface area contributed by atoms with Crippen molar-refractivity contribution in [3.8, 4) is 5.75 Å². The molecule has 0 saturated carbocycles. The number of aliphatic imine (C=N–C) groups is 1. The third kappa shape index (κ3) is 6.69. The number of aromatic nitrogens is 5. The predicted octanol–water partition coefficient (Wildman–Crippen LogP) is 3.77. The zero-order valence-corrected chi connectivity index (χ0v) is 21.3. The van der Waals surface area contributed by atoms with Gasteiger partial charge in [0.15, 0.2) is 23.7 Å². The Balaban J connectivity index is 1.59. The highest BCUT2D eigenvalue weighted by Crippen LogP contribution is 2.40. The number of hydrogen-bond donors (Lipinski definition) is 3. The van der Waals surface area contributed by atoms with Crippen molar-refractivity contribution in [2.24, 2.45) is 10.7 Å². The predicted molar refractivity (Wildman–Crippen MR) is 135 cm³/mol. The van der Waals surface area contributed by atoms with E-state index in [-0.39, 0.29) is 28.8 Å². The molecular formula is C23H22F4N8O3S. The number of nitrogens with zero attached hydrogens (tertiary/aromatic N) is 6. The van der Waals surface area contributed by atoms with Crippen molar-refractivity contribution in [2.45, 2.75) is 37.0 Å². The fourth-order valence-electron chi connectivity index (χ4n) is 3.59. The maximum absolute atomic E-state index is 14.7. The number of nitrogens with one attached hydrogen (secondary N) is 1. The number of pyridine rings is 2. The van der Waals surface area contributed by atoms with Crippen molar-refractivity contribution in [3.63, 3.8) is 0 Å². The molecule has 0 aliphatic carbocycles. The van der Waals surface area contributed by atoms with Gasteiger partial charge in [0.2, 0.25) is 11.8 Å². The van der Waals surface area contributed by atoms with Gasteiger partial charge in [0.25, 0.3) is 0 Å². The molecule has 0 aromatic carbocycles. The highest BCUT2D eigenvalue weighted by atomic mass is 32.2. The van der Waals surface area contributed by atoms with Crippen LogP contribution in [-0.4, -0.2) is 59.3 Å². The summed E-state index contributed by atoms with van der Waals surface area (Å²) < 4.78 is 63.8. The summed E-state index contributed by atoms with van der Waals surface area (Å²) in [4.78, 5) is 23.9. The molecule has 0 spiro atoms. The van der Waals surface area contributed by atoms with Gasteiger partial charge in [-0.3, -0.25) is 4.99 Å². The number of alkyl halides is 3. The van der Waals surface area contributed by atoms with E-state index in [4.69, 9.17) is 14.9 Å². The highest BCUT2D eigenvalue weighted by Gasteiger charge is 2.51. The first kappa shape index (κ1) is 28.0. The molecule has 4 heterocycles. The topological polar surface area (TPSA) is 157 Å². The molecule has 4 rings (SSSR count).